The van der Waals surface area contributed by atoms with Gasteiger partial charge in [-0.25, -0.2) is 8.42 Å². The van der Waals surface area contributed by atoms with Crippen molar-refractivity contribution >= 4 is 9.84 Å². The van der Waals surface area contributed by atoms with Crippen molar-refractivity contribution in [3.05, 3.63) is 11.5 Å². The first-order chi connectivity index (χ1) is 4.87. The SMILES string of the molecule is CO/C(C)=C(\N)CS(C)(=O)=O. The molecule has 0 aromatic rings. The number of rotatable bonds is 3. The molecular weight excluding hydrogens is 166 g/mol. The normalized spacial score (nSPS) is 14.1. The zero-order valence-corrected chi connectivity index (χ0v) is 7.73. The van der Waals surface area contributed by atoms with E-state index in [4.69, 9.17) is 10.5 Å². The Labute approximate surface area is 67.0 Å². The molecule has 5 heteroatoms. The first-order valence-corrected chi connectivity index (χ1v) is 5.10. The maximum atomic E-state index is 10.7. The number of hydrogen-bond donors (Lipinski definition) is 1. The van der Waals surface area contributed by atoms with E-state index in [0.29, 0.717) is 5.76 Å². The van der Waals surface area contributed by atoms with E-state index in [0.717, 1.165) is 6.26 Å². The standard InChI is InChI=1S/C6H13NO3S/c1-5(10-2)6(7)4-11(3,8)9/h4,7H2,1-3H3/b6-5-. The lowest BCUT2D eigenvalue weighted by Crippen LogP contribution is -2.14. The van der Waals surface area contributed by atoms with E-state index in [1.165, 1.54) is 7.11 Å². The van der Waals surface area contributed by atoms with Crippen LogP contribution in [-0.4, -0.2) is 27.5 Å². The molecule has 0 amide bonds. The molecule has 0 heterocycles. The molecule has 11 heavy (non-hydrogen) atoms. The first kappa shape index (κ1) is 10.3. The van der Waals surface area contributed by atoms with Gasteiger partial charge in [-0.05, 0) is 6.92 Å². The van der Waals surface area contributed by atoms with E-state index < -0.39 is 9.84 Å². The molecule has 2 N–H and O–H groups in total. The topological polar surface area (TPSA) is 69.4 Å². The highest BCUT2D eigenvalue weighted by Gasteiger charge is 2.06. The van der Waals surface area contributed by atoms with Gasteiger partial charge in [-0.1, -0.05) is 0 Å². The average Bonchev–Trinajstić information content (AvgIpc) is 1.82. The van der Waals surface area contributed by atoms with Crippen molar-refractivity contribution in [2.24, 2.45) is 5.73 Å². The van der Waals surface area contributed by atoms with Gasteiger partial charge in [0.15, 0.2) is 9.84 Å². The average molecular weight is 179 g/mol. The monoisotopic (exact) mass is 179 g/mol. The van der Waals surface area contributed by atoms with E-state index in [9.17, 15) is 8.42 Å². The smallest absolute Gasteiger partial charge is 0.153 e. The zero-order chi connectivity index (χ0) is 9.07. The second-order valence-electron chi connectivity index (χ2n) is 2.36. The Kier molecular flexibility index (Phi) is 3.38. The van der Waals surface area contributed by atoms with E-state index in [1.807, 2.05) is 0 Å². The van der Waals surface area contributed by atoms with Gasteiger partial charge in [-0.15, -0.1) is 0 Å². The lowest BCUT2D eigenvalue weighted by atomic mass is 10.4. The number of methoxy groups -OCH3 is 1. The Morgan fingerprint density at radius 3 is 2.27 bits per heavy atom. The molecule has 0 aliphatic rings. The summed E-state index contributed by atoms with van der Waals surface area (Å²) in [5.74, 6) is 0.308. The van der Waals surface area contributed by atoms with Crippen LogP contribution >= 0.6 is 0 Å². The van der Waals surface area contributed by atoms with Crippen LogP contribution in [0.5, 0.6) is 0 Å². The third-order valence-electron chi connectivity index (χ3n) is 1.18. The van der Waals surface area contributed by atoms with Crippen molar-refractivity contribution in [3.63, 3.8) is 0 Å². The van der Waals surface area contributed by atoms with Crippen molar-refractivity contribution in [3.8, 4) is 0 Å². The second kappa shape index (κ2) is 3.61. The number of hydrogen-bond acceptors (Lipinski definition) is 4. The van der Waals surface area contributed by atoms with Gasteiger partial charge in [0.1, 0.15) is 5.76 Å². The predicted molar refractivity (Wildman–Crippen MR) is 43.6 cm³/mol. The van der Waals surface area contributed by atoms with Crippen LogP contribution in [0.4, 0.5) is 0 Å². The summed E-state index contributed by atoms with van der Waals surface area (Å²) in [6, 6.07) is 0. The minimum atomic E-state index is -3.04. The van der Waals surface area contributed by atoms with Gasteiger partial charge in [0, 0.05) is 6.26 Å². The Hall–Kier alpha value is -0.710. The summed E-state index contributed by atoms with van der Waals surface area (Å²) in [4.78, 5) is 0. The molecule has 0 aromatic carbocycles. The van der Waals surface area contributed by atoms with Crippen molar-refractivity contribution < 1.29 is 13.2 Å². The second-order valence-corrected chi connectivity index (χ2v) is 4.50. The number of sulfone groups is 1. The Morgan fingerprint density at radius 1 is 1.55 bits per heavy atom. The van der Waals surface area contributed by atoms with Crippen molar-refractivity contribution in [2.75, 3.05) is 19.1 Å². The fraction of sp³-hybridized carbons (Fsp3) is 0.667. The fourth-order valence-electron chi connectivity index (χ4n) is 0.515. The molecule has 0 radical (unpaired) electrons. The molecule has 0 unspecified atom stereocenters. The number of allylic oxidation sites excluding steroid dienone is 1. The van der Waals surface area contributed by atoms with Gasteiger partial charge >= 0.3 is 0 Å². The highest BCUT2D eigenvalue weighted by Crippen LogP contribution is 2.00. The van der Waals surface area contributed by atoms with Crippen LogP contribution in [0.1, 0.15) is 6.92 Å². The van der Waals surface area contributed by atoms with Crippen LogP contribution in [0, 0.1) is 0 Å². The number of nitrogens with two attached hydrogens (primary N) is 1. The van der Waals surface area contributed by atoms with Gasteiger partial charge in [0.05, 0.1) is 18.6 Å². The largest absolute Gasteiger partial charge is 0.500 e. The van der Waals surface area contributed by atoms with E-state index in [1.54, 1.807) is 6.92 Å². The van der Waals surface area contributed by atoms with E-state index in [-0.39, 0.29) is 11.4 Å². The predicted octanol–water partition coefficient (Wildman–Crippen LogP) is -0.132. The Morgan fingerprint density at radius 2 is 2.00 bits per heavy atom. The van der Waals surface area contributed by atoms with Gasteiger partial charge in [-0.3, -0.25) is 0 Å². The maximum absolute atomic E-state index is 10.7. The molecule has 0 aliphatic carbocycles. The van der Waals surface area contributed by atoms with Gasteiger partial charge < -0.3 is 10.5 Å². The third-order valence-corrected chi connectivity index (χ3v) is 2.01. The van der Waals surface area contributed by atoms with Crippen molar-refractivity contribution in [1.29, 1.82) is 0 Å². The quantitative estimate of drug-likeness (QED) is 0.613. The summed E-state index contributed by atoms with van der Waals surface area (Å²) < 4.78 is 26.1. The highest BCUT2D eigenvalue weighted by molar-refractivity contribution is 7.90. The summed E-state index contributed by atoms with van der Waals surface area (Å²) in [6.07, 6.45) is 1.13. The molecule has 0 saturated heterocycles. The van der Waals surface area contributed by atoms with Gasteiger partial charge in [-0.2, -0.15) is 0 Å². The van der Waals surface area contributed by atoms with Crippen molar-refractivity contribution in [2.45, 2.75) is 6.92 Å². The molecule has 4 nitrogen and oxygen atoms in total. The molecule has 0 fully saturated rings. The first-order valence-electron chi connectivity index (χ1n) is 3.03. The van der Waals surface area contributed by atoms with Gasteiger partial charge in [0.25, 0.3) is 0 Å². The summed E-state index contributed by atoms with van der Waals surface area (Å²) in [5.41, 5.74) is 5.65. The Balaban J connectivity index is 4.42. The highest BCUT2D eigenvalue weighted by atomic mass is 32.2. The Bertz CT molecular complexity index is 253. The molecule has 0 rings (SSSR count). The van der Waals surface area contributed by atoms with Crippen LogP contribution < -0.4 is 5.73 Å². The molecule has 0 atom stereocenters. The molecule has 66 valence electrons. The molecule has 0 aromatic heterocycles. The van der Waals surface area contributed by atoms with Gasteiger partial charge in [0.2, 0.25) is 0 Å². The maximum Gasteiger partial charge on any atom is 0.153 e. The molecular formula is C6H13NO3S. The summed E-state index contributed by atoms with van der Waals surface area (Å²) in [6.45, 7) is 1.63. The van der Waals surface area contributed by atoms with E-state index in [2.05, 4.69) is 0 Å². The third kappa shape index (κ3) is 4.66. The van der Waals surface area contributed by atoms with Crippen LogP contribution in [0.3, 0.4) is 0 Å². The molecule has 0 saturated carbocycles. The minimum absolute atomic E-state index is 0.146. The van der Waals surface area contributed by atoms with Crippen molar-refractivity contribution in [1.82, 2.24) is 0 Å². The van der Waals surface area contributed by atoms with Crippen LogP contribution in [0.15, 0.2) is 11.5 Å². The molecule has 0 spiro atoms. The number of ether oxygens (including phenoxy) is 1. The molecule has 0 bridgehead atoms. The summed E-state index contributed by atoms with van der Waals surface area (Å²) in [5, 5.41) is 0. The lowest BCUT2D eigenvalue weighted by Gasteiger charge is -2.04. The summed E-state index contributed by atoms with van der Waals surface area (Å²) >= 11 is 0. The zero-order valence-electron chi connectivity index (χ0n) is 6.92. The minimum Gasteiger partial charge on any atom is -0.500 e. The molecule has 0 aliphatic heterocycles. The van der Waals surface area contributed by atoms with Crippen LogP contribution in [0.25, 0.3) is 0 Å². The van der Waals surface area contributed by atoms with E-state index >= 15 is 0 Å². The summed E-state index contributed by atoms with van der Waals surface area (Å²) in [7, 11) is -1.59. The lowest BCUT2D eigenvalue weighted by molar-refractivity contribution is 0.288. The fourth-order valence-corrected chi connectivity index (χ4v) is 1.28. The van der Waals surface area contributed by atoms with Crippen LogP contribution in [-0.2, 0) is 14.6 Å². The van der Waals surface area contributed by atoms with Crippen LogP contribution in [0.2, 0.25) is 0 Å².